The fourth-order valence-electron chi connectivity index (χ4n) is 4.66. The Bertz CT molecular complexity index is 954. The van der Waals surface area contributed by atoms with Gasteiger partial charge in [-0.25, -0.2) is 0 Å². The maximum Gasteiger partial charge on any atom is 0.324 e. The topological polar surface area (TPSA) is 78.4 Å². The summed E-state index contributed by atoms with van der Waals surface area (Å²) in [4.78, 5) is 36.1. The van der Waals surface area contributed by atoms with Gasteiger partial charge < -0.3 is 9.47 Å². The van der Waals surface area contributed by atoms with Crippen LogP contribution in [-0.2, 0) is 44.7 Å². The van der Waals surface area contributed by atoms with Crippen molar-refractivity contribution in [3.05, 3.63) is 46.8 Å². The number of aromatic nitrogens is 2. The number of hydrogen-bond donors (Lipinski definition) is 0. The van der Waals surface area contributed by atoms with Gasteiger partial charge in [-0.1, -0.05) is 32.8 Å². The Balaban J connectivity index is 2.22. The van der Waals surface area contributed by atoms with Crippen molar-refractivity contribution in [3.63, 3.8) is 0 Å². The van der Waals surface area contributed by atoms with Crippen LogP contribution in [0.25, 0.3) is 11.4 Å². The third kappa shape index (κ3) is 5.10. The summed E-state index contributed by atoms with van der Waals surface area (Å²) in [6.45, 7) is 8.28. The van der Waals surface area contributed by atoms with Gasteiger partial charge in [-0.05, 0) is 68.4 Å². The Hall–Kier alpha value is -2.76. The van der Waals surface area contributed by atoms with Crippen molar-refractivity contribution in [2.45, 2.75) is 79.1 Å². The van der Waals surface area contributed by atoms with Crippen molar-refractivity contribution < 1.29 is 19.1 Å². The highest BCUT2D eigenvalue weighted by atomic mass is 16.6. The summed E-state index contributed by atoms with van der Waals surface area (Å²) >= 11 is 0. The van der Waals surface area contributed by atoms with Gasteiger partial charge in [0.1, 0.15) is 0 Å². The molecule has 1 aliphatic carbocycles. The molecule has 0 bridgehead atoms. The van der Waals surface area contributed by atoms with Crippen LogP contribution < -0.4 is 0 Å². The molecule has 6 nitrogen and oxygen atoms in total. The number of esters is 2. The lowest BCUT2D eigenvalue weighted by Crippen LogP contribution is -2.43. The Morgan fingerprint density at radius 2 is 1.55 bits per heavy atom. The summed E-state index contributed by atoms with van der Waals surface area (Å²) in [6, 6.07) is 5.84. The van der Waals surface area contributed by atoms with E-state index in [-0.39, 0.29) is 19.6 Å². The summed E-state index contributed by atoms with van der Waals surface area (Å²) in [5.41, 5.74) is 4.50. The largest absolute Gasteiger partial charge is 0.465 e. The van der Waals surface area contributed by atoms with Gasteiger partial charge in [0.05, 0.1) is 24.6 Å². The van der Waals surface area contributed by atoms with Crippen LogP contribution >= 0.6 is 0 Å². The van der Waals surface area contributed by atoms with Crippen LogP contribution in [0.4, 0.5) is 0 Å². The Kier molecular flexibility index (Phi) is 8.59. The highest BCUT2D eigenvalue weighted by Gasteiger charge is 2.54. The fraction of sp³-hybridized carbons (Fsp3) is 0.556. The number of aryl methyl sites for hydroxylation is 1. The molecule has 0 aliphatic heterocycles. The summed E-state index contributed by atoms with van der Waals surface area (Å²) in [6.07, 6.45) is 8.04. The lowest BCUT2D eigenvalue weighted by Gasteiger charge is -2.24. The van der Waals surface area contributed by atoms with E-state index in [1.54, 1.807) is 20.0 Å². The van der Waals surface area contributed by atoms with Crippen LogP contribution in [0, 0.1) is 5.41 Å². The van der Waals surface area contributed by atoms with E-state index < -0.39 is 17.4 Å². The molecule has 2 aromatic heterocycles. The van der Waals surface area contributed by atoms with Gasteiger partial charge in [0.15, 0.2) is 5.41 Å². The molecule has 0 unspecified atom stereocenters. The predicted molar refractivity (Wildman–Crippen MR) is 128 cm³/mol. The van der Waals surface area contributed by atoms with E-state index in [9.17, 15) is 9.59 Å². The van der Waals surface area contributed by atoms with Crippen LogP contribution in [0.3, 0.4) is 0 Å². The Morgan fingerprint density at radius 1 is 0.909 bits per heavy atom. The number of carbonyl (C=O) groups excluding carboxylic acids is 2. The molecule has 0 saturated heterocycles. The van der Waals surface area contributed by atoms with Crippen LogP contribution in [0.1, 0.15) is 75.8 Å². The van der Waals surface area contributed by atoms with Gasteiger partial charge in [0.2, 0.25) is 0 Å². The molecule has 1 aliphatic rings. The van der Waals surface area contributed by atoms with Crippen LogP contribution in [0.5, 0.6) is 0 Å². The molecule has 0 N–H and O–H groups in total. The molecular formula is C27H36N2O4. The van der Waals surface area contributed by atoms with Gasteiger partial charge in [-0.3, -0.25) is 19.6 Å². The minimum absolute atomic E-state index is 0.221. The third-order valence-corrected chi connectivity index (χ3v) is 6.35. The number of rotatable bonds is 11. The normalized spacial score (nSPS) is 14.1. The molecule has 0 spiro atoms. The standard InChI is InChI=1S/C27H36N2O4/c1-5-9-13-19-20-17-27(25(30)32-7-3,26(31)33-8-4)18-21(20)22(14-10-6-2)29-24(19)23-15-11-12-16-28-23/h11-12,15-16H,5-10,13-14,17-18H2,1-4H3. The third-order valence-electron chi connectivity index (χ3n) is 6.35. The van der Waals surface area contributed by atoms with E-state index in [2.05, 4.69) is 18.8 Å². The van der Waals surface area contributed by atoms with E-state index in [0.717, 1.165) is 72.3 Å². The quantitative estimate of drug-likeness (QED) is 0.351. The minimum Gasteiger partial charge on any atom is -0.465 e. The molecule has 178 valence electrons. The van der Waals surface area contributed by atoms with Crippen molar-refractivity contribution in [2.24, 2.45) is 5.41 Å². The second-order valence-electron chi connectivity index (χ2n) is 8.64. The Labute approximate surface area is 197 Å². The van der Waals surface area contributed by atoms with E-state index in [4.69, 9.17) is 14.5 Å². The van der Waals surface area contributed by atoms with Gasteiger partial charge in [-0.2, -0.15) is 0 Å². The average molecular weight is 453 g/mol. The number of unbranched alkanes of at least 4 members (excludes halogenated alkanes) is 2. The van der Waals surface area contributed by atoms with Gasteiger partial charge >= 0.3 is 11.9 Å². The van der Waals surface area contributed by atoms with E-state index >= 15 is 0 Å². The number of nitrogens with zero attached hydrogens (tertiary/aromatic N) is 2. The number of pyridine rings is 2. The molecule has 0 fully saturated rings. The average Bonchev–Trinajstić information content (AvgIpc) is 3.25. The highest BCUT2D eigenvalue weighted by molar-refractivity contribution is 6.02. The number of ether oxygens (including phenoxy) is 2. The molecule has 6 heteroatoms. The van der Waals surface area contributed by atoms with Crippen molar-refractivity contribution >= 4 is 11.9 Å². The van der Waals surface area contributed by atoms with Gasteiger partial charge in [0, 0.05) is 24.7 Å². The summed E-state index contributed by atoms with van der Waals surface area (Å²) in [7, 11) is 0. The highest BCUT2D eigenvalue weighted by Crippen LogP contribution is 2.44. The monoisotopic (exact) mass is 452 g/mol. The fourth-order valence-corrected chi connectivity index (χ4v) is 4.66. The van der Waals surface area contributed by atoms with E-state index in [1.165, 1.54) is 0 Å². The molecule has 0 aromatic carbocycles. The second-order valence-corrected chi connectivity index (χ2v) is 8.64. The van der Waals surface area contributed by atoms with Crippen LogP contribution in [-0.4, -0.2) is 35.1 Å². The summed E-state index contributed by atoms with van der Waals surface area (Å²) < 4.78 is 10.8. The molecule has 33 heavy (non-hydrogen) atoms. The second kappa shape index (κ2) is 11.4. The zero-order valence-corrected chi connectivity index (χ0v) is 20.4. The van der Waals surface area contributed by atoms with Crippen LogP contribution in [0.2, 0.25) is 0 Å². The molecule has 2 aromatic rings. The first-order chi connectivity index (χ1) is 16.0. The number of fused-ring (bicyclic) bond motifs is 1. The van der Waals surface area contributed by atoms with Crippen LogP contribution in [0.15, 0.2) is 24.4 Å². The van der Waals surface area contributed by atoms with Gasteiger partial charge in [-0.15, -0.1) is 0 Å². The number of carbonyl (C=O) groups is 2. The number of hydrogen-bond acceptors (Lipinski definition) is 6. The zero-order valence-electron chi connectivity index (χ0n) is 20.4. The molecule has 0 saturated carbocycles. The summed E-state index contributed by atoms with van der Waals surface area (Å²) in [5.74, 6) is -0.996. The molecule has 0 atom stereocenters. The maximum absolute atomic E-state index is 13.2. The Morgan fingerprint density at radius 3 is 2.12 bits per heavy atom. The van der Waals surface area contributed by atoms with E-state index in [0.29, 0.717) is 6.42 Å². The maximum atomic E-state index is 13.2. The van der Waals surface area contributed by atoms with Crippen molar-refractivity contribution in [3.8, 4) is 11.4 Å². The zero-order chi connectivity index (χ0) is 23.8. The molecule has 0 amide bonds. The first-order valence-electron chi connectivity index (χ1n) is 12.3. The lowest BCUT2D eigenvalue weighted by atomic mass is 9.84. The summed E-state index contributed by atoms with van der Waals surface area (Å²) in [5, 5.41) is 0. The molecule has 3 rings (SSSR count). The lowest BCUT2D eigenvalue weighted by molar-refractivity contribution is -0.171. The van der Waals surface area contributed by atoms with E-state index in [1.807, 2.05) is 18.2 Å². The predicted octanol–water partition coefficient (Wildman–Crippen LogP) is 5.04. The van der Waals surface area contributed by atoms with Gasteiger partial charge in [0.25, 0.3) is 0 Å². The smallest absolute Gasteiger partial charge is 0.324 e. The molecule has 0 radical (unpaired) electrons. The van der Waals surface area contributed by atoms with Crippen molar-refractivity contribution in [1.82, 2.24) is 9.97 Å². The SMILES string of the molecule is CCCCc1nc(-c2ccccn2)c(CCCC)c2c1CC(C(=O)OCC)(C(=O)OCC)C2. The minimum atomic E-state index is -1.35. The molecular weight excluding hydrogens is 416 g/mol. The van der Waals surface area contributed by atoms with Crippen molar-refractivity contribution in [1.29, 1.82) is 0 Å². The first kappa shape index (κ1) is 24.9. The molecule has 2 heterocycles. The van der Waals surface area contributed by atoms with Crippen molar-refractivity contribution in [2.75, 3.05) is 13.2 Å². The first-order valence-corrected chi connectivity index (χ1v) is 12.3.